The topological polar surface area (TPSA) is 78.3 Å². The molecule has 1 aliphatic rings. The molecule has 168 valence electrons. The number of carbonyl (C=O) groups is 1. The van der Waals surface area contributed by atoms with E-state index < -0.39 is 0 Å². The van der Waals surface area contributed by atoms with Gasteiger partial charge >= 0.3 is 0 Å². The molecule has 3 aromatic rings. The van der Waals surface area contributed by atoms with Crippen LogP contribution in [0.5, 0.6) is 0 Å². The van der Waals surface area contributed by atoms with Gasteiger partial charge in [0.05, 0.1) is 23.6 Å². The Morgan fingerprint density at radius 2 is 1.97 bits per heavy atom. The van der Waals surface area contributed by atoms with Gasteiger partial charge in [-0.1, -0.05) is 0 Å². The monoisotopic (exact) mass is 433 g/mol. The lowest BCUT2D eigenvalue weighted by Gasteiger charge is -2.27. The van der Waals surface area contributed by atoms with Crippen molar-refractivity contribution in [3.05, 3.63) is 65.6 Å². The van der Waals surface area contributed by atoms with E-state index in [4.69, 9.17) is 4.98 Å². The normalized spacial score (nSPS) is 14.8. The molecule has 0 spiro atoms. The molecule has 0 saturated heterocycles. The summed E-state index contributed by atoms with van der Waals surface area (Å²) in [5.74, 6) is 0.876. The van der Waals surface area contributed by atoms with Crippen LogP contribution in [0.4, 0.5) is 17.2 Å². The standard InChI is InChI=1S/C24H31N7O/c1-5-29(6-2)22-11-9-18(15-26-22)23-27-20-14-17(24(32)25-4)8-10-21(20)31(23)16-19-12-13-30(7-3)28-19/h8-15,23,27H,5-7,16H2,1-4H3,(H,25,32). The van der Waals surface area contributed by atoms with Crippen LogP contribution >= 0.6 is 0 Å². The summed E-state index contributed by atoms with van der Waals surface area (Å²) in [6.45, 7) is 9.68. The van der Waals surface area contributed by atoms with E-state index in [1.165, 1.54) is 0 Å². The lowest BCUT2D eigenvalue weighted by Crippen LogP contribution is -2.28. The maximum Gasteiger partial charge on any atom is 0.251 e. The summed E-state index contributed by atoms with van der Waals surface area (Å²) < 4.78 is 1.93. The van der Waals surface area contributed by atoms with Gasteiger partial charge in [0, 0.05) is 50.2 Å². The molecule has 0 radical (unpaired) electrons. The van der Waals surface area contributed by atoms with Gasteiger partial charge in [0.15, 0.2) is 0 Å². The zero-order valence-corrected chi connectivity index (χ0v) is 19.2. The largest absolute Gasteiger partial charge is 0.360 e. The zero-order chi connectivity index (χ0) is 22.7. The Morgan fingerprint density at radius 3 is 2.59 bits per heavy atom. The molecule has 3 heterocycles. The van der Waals surface area contributed by atoms with Crippen LogP contribution in [-0.4, -0.2) is 40.8 Å². The van der Waals surface area contributed by atoms with Gasteiger partial charge in [-0.05, 0) is 57.2 Å². The van der Waals surface area contributed by atoms with Gasteiger partial charge in [0.1, 0.15) is 12.0 Å². The van der Waals surface area contributed by atoms with E-state index in [2.05, 4.69) is 64.5 Å². The van der Waals surface area contributed by atoms with Gasteiger partial charge in [-0.25, -0.2) is 4.98 Å². The van der Waals surface area contributed by atoms with Gasteiger partial charge in [-0.15, -0.1) is 0 Å². The van der Waals surface area contributed by atoms with Crippen LogP contribution in [0.25, 0.3) is 0 Å². The van der Waals surface area contributed by atoms with Crippen molar-refractivity contribution in [3.8, 4) is 0 Å². The smallest absolute Gasteiger partial charge is 0.251 e. The number of nitrogens with one attached hydrogen (secondary N) is 2. The Hall–Kier alpha value is -3.55. The molecule has 1 aromatic carbocycles. The average molecular weight is 434 g/mol. The number of hydrogen-bond acceptors (Lipinski definition) is 6. The van der Waals surface area contributed by atoms with E-state index in [0.29, 0.717) is 12.1 Å². The second-order valence-electron chi connectivity index (χ2n) is 7.77. The molecule has 8 nitrogen and oxygen atoms in total. The number of carbonyl (C=O) groups excluding carboxylic acids is 1. The number of pyridine rings is 1. The van der Waals surface area contributed by atoms with Crippen molar-refractivity contribution in [2.75, 3.05) is 35.3 Å². The van der Waals surface area contributed by atoms with Crippen LogP contribution in [0.2, 0.25) is 0 Å². The first-order valence-electron chi connectivity index (χ1n) is 11.2. The van der Waals surface area contributed by atoms with Crippen LogP contribution in [0.3, 0.4) is 0 Å². The SMILES string of the molecule is CCN(CC)c1ccc(C2Nc3cc(C(=O)NC)ccc3N2Cc2ccn(CC)n2)cn1. The highest BCUT2D eigenvalue weighted by atomic mass is 16.1. The first kappa shape index (κ1) is 21.7. The summed E-state index contributed by atoms with van der Waals surface area (Å²) in [5, 5.41) is 11.0. The minimum absolute atomic E-state index is 0.100. The average Bonchev–Trinajstić information content (AvgIpc) is 3.44. The van der Waals surface area contributed by atoms with E-state index in [1.807, 2.05) is 35.3 Å². The Morgan fingerprint density at radius 1 is 1.16 bits per heavy atom. The predicted molar refractivity (Wildman–Crippen MR) is 128 cm³/mol. The van der Waals surface area contributed by atoms with Gasteiger partial charge < -0.3 is 20.4 Å². The lowest BCUT2D eigenvalue weighted by atomic mass is 10.1. The summed E-state index contributed by atoms with van der Waals surface area (Å²) in [7, 11) is 1.64. The predicted octanol–water partition coefficient (Wildman–Crippen LogP) is 3.63. The fraction of sp³-hybridized carbons (Fsp3) is 0.375. The van der Waals surface area contributed by atoms with Crippen molar-refractivity contribution >= 4 is 23.1 Å². The number of anilines is 3. The number of nitrogens with zero attached hydrogens (tertiary/aromatic N) is 5. The highest BCUT2D eigenvalue weighted by Crippen LogP contribution is 2.42. The maximum absolute atomic E-state index is 12.2. The molecule has 32 heavy (non-hydrogen) atoms. The number of amides is 1. The van der Waals surface area contributed by atoms with Crippen molar-refractivity contribution in [1.29, 1.82) is 0 Å². The fourth-order valence-electron chi connectivity index (χ4n) is 4.12. The zero-order valence-electron chi connectivity index (χ0n) is 19.2. The van der Waals surface area contributed by atoms with Crippen LogP contribution in [0, 0.1) is 0 Å². The molecular weight excluding hydrogens is 402 g/mol. The van der Waals surface area contributed by atoms with Crippen LogP contribution in [0.15, 0.2) is 48.8 Å². The minimum Gasteiger partial charge on any atom is -0.360 e. The van der Waals surface area contributed by atoms with E-state index in [-0.39, 0.29) is 12.1 Å². The number of fused-ring (bicyclic) bond motifs is 1. The molecule has 8 heteroatoms. The number of hydrogen-bond donors (Lipinski definition) is 2. The van der Waals surface area contributed by atoms with Gasteiger partial charge in [0.2, 0.25) is 0 Å². The number of aromatic nitrogens is 3. The molecule has 0 bridgehead atoms. The Bertz CT molecular complexity index is 1070. The summed E-state index contributed by atoms with van der Waals surface area (Å²) >= 11 is 0. The van der Waals surface area contributed by atoms with Crippen LogP contribution in [0.1, 0.15) is 48.6 Å². The van der Waals surface area contributed by atoms with Crippen molar-refractivity contribution in [3.63, 3.8) is 0 Å². The first-order valence-corrected chi connectivity index (χ1v) is 11.2. The third-order valence-corrected chi connectivity index (χ3v) is 5.93. The summed E-state index contributed by atoms with van der Waals surface area (Å²) in [5.41, 5.74) is 4.66. The molecule has 4 rings (SSSR count). The first-order chi connectivity index (χ1) is 15.6. The lowest BCUT2D eigenvalue weighted by molar-refractivity contribution is 0.0963. The van der Waals surface area contributed by atoms with Crippen LogP contribution < -0.4 is 20.4 Å². The summed E-state index contributed by atoms with van der Waals surface area (Å²) in [6.07, 6.45) is 3.84. The molecule has 2 N–H and O–H groups in total. The van der Waals surface area contributed by atoms with Gasteiger partial charge in [-0.2, -0.15) is 5.10 Å². The molecule has 0 saturated carbocycles. The highest BCUT2D eigenvalue weighted by molar-refractivity contribution is 5.96. The maximum atomic E-state index is 12.2. The molecule has 1 unspecified atom stereocenters. The Balaban J connectivity index is 1.68. The van der Waals surface area contributed by atoms with E-state index in [1.54, 1.807) is 7.05 Å². The molecule has 0 fully saturated rings. The number of aryl methyl sites for hydroxylation is 1. The quantitative estimate of drug-likeness (QED) is 0.565. The van der Waals surface area contributed by atoms with E-state index >= 15 is 0 Å². The fourth-order valence-corrected chi connectivity index (χ4v) is 4.12. The van der Waals surface area contributed by atoms with Gasteiger partial charge in [0.25, 0.3) is 5.91 Å². The summed E-state index contributed by atoms with van der Waals surface area (Å²) in [6, 6.07) is 12.0. The van der Waals surface area contributed by atoms with Gasteiger partial charge in [-0.3, -0.25) is 9.48 Å². The Kier molecular flexibility index (Phi) is 6.30. The van der Waals surface area contributed by atoms with E-state index in [9.17, 15) is 4.79 Å². The third kappa shape index (κ3) is 4.12. The third-order valence-electron chi connectivity index (χ3n) is 5.93. The second kappa shape index (κ2) is 9.30. The second-order valence-corrected chi connectivity index (χ2v) is 7.77. The minimum atomic E-state index is -0.102. The van der Waals surface area contributed by atoms with Crippen LogP contribution in [-0.2, 0) is 13.1 Å². The molecule has 0 aliphatic carbocycles. The number of benzene rings is 1. The summed E-state index contributed by atoms with van der Waals surface area (Å²) in [4.78, 5) is 21.4. The molecule has 2 aromatic heterocycles. The van der Waals surface area contributed by atoms with Crippen molar-refractivity contribution < 1.29 is 4.79 Å². The van der Waals surface area contributed by atoms with Crippen molar-refractivity contribution in [2.24, 2.45) is 0 Å². The van der Waals surface area contributed by atoms with Crippen molar-refractivity contribution in [1.82, 2.24) is 20.1 Å². The highest BCUT2D eigenvalue weighted by Gasteiger charge is 2.31. The molecule has 1 aliphatic heterocycles. The molecule has 1 amide bonds. The van der Waals surface area contributed by atoms with Crippen molar-refractivity contribution in [2.45, 2.75) is 40.0 Å². The number of rotatable bonds is 8. The van der Waals surface area contributed by atoms with E-state index in [0.717, 1.165) is 48.1 Å². The molecule has 1 atom stereocenters. The Labute approximate surface area is 189 Å². The molecular formula is C24H31N7O.